The van der Waals surface area contributed by atoms with Crippen LogP contribution in [0.1, 0.15) is 32.4 Å². The Morgan fingerprint density at radius 1 is 1.27 bits per heavy atom. The van der Waals surface area contributed by atoms with E-state index in [-0.39, 0.29) is 11.1 Å². The molecule has 2 aromatic rings. The van der Waals surface area contributed by atoms with Crippen molar-refractivity contribution in [3.05, 3.63) is 41.2 Å². The molecular weight excluding hydrogens is 316 g/mol. The lowest BCUT2D eigenvalue weighted by atomic mass is 10.1. The van der Waals surface area contributed by atoms with E-state index in [0.29, 0.717) is 11.6 Å². The molecule has 22 heavy (non-hydrogen) atoms. The quantitative estimate of drug-likeness (QED) is 0.770. The number of halogens is 1. The smallest absolute Gasteiger partial charge is 0.193 e. The van der Waals surface area contributed by atoms with E-state index < -0.39 is 8.32 Å². The third kappa shape index (κ3) is 3.94. The maximum Gasteiger partial charge on any atom is 0.193 e. The molecule has 0 aliphatic heterocycles. The van der Waals surface area contributed by atoms with E-state index in [9.17, 15) is 0 Å². The summed E-state index contributed by atoms with van der Waals surface area (Å²) in [6.07, 6.45) is 1.24. The zero-order valence-electron chi connectivity index (χ0n) is 13.7. The van der Waals surface area contributed by atoms with Crippen molar-refractivity contribution in [1.29, 1.82) is 0 Å². The normalized spacial score (nSPS) is 14.1. The van der Waals surface area contributed by atoms with Crippen LogP contribution in [-0.2, 0) is 11.0 Å². The predicted octanol–water partition coefficient (Wildman–Crippen LogP) is 4.09. The van der Waals surface area contributed by atoms with E-state index in [1.807, 2.05) is 24.3 Å². The number of benzene rings is 1. The number of tetrazole rings is 1. The van der Waals surface area contributed by atoms with Gasteiger partial charge in [0.2, 0.25) is 0 Å². The van der Waals surface area contributed by atoms with Crippen LogP contribution < -0.4 is 0 Å². The molecule has 0 aliphatic rings. The summed E-state index contributed by atoms with van der Waals surface area (Å²) in [4.78, 5) is 1.54. The topological polar surface area (TPSA) is 52.8 Å². The van der Waals surface area contributed by atoms with E-state index in [4.69, 9.17) is 16.0 Å². The molecule has 0 fully saturated rings. The Labute approximate surface area is 137 Å². The van der Waals surface area contributed by atoms with E-state index in [1.165, 1.54) is 6.33 Å². The van der Waals surface area contributed by atoms with E-state index in [1.54, 1.807) is 4.80 Å². The van der Waals surface area contributed by atoms with Crippen molar-refractivity contribution in [3.63, 3.8) is 0 Å². The van der Waals surface area contributed by atoms with Crippen molar-refractivity contribution >= 4 is 19.9 Å². The van der Waals surface area contributed by atoms with Crippen molar-refractivity contribution in [2.45, 2.75) is 51.6 Å². The molecule has 0 spiro atoms. The molecule has 0 radical (unpaired) electrons. The molecule has 0 aliphatic carbocycles. The number of hydrogen-bond acceptors (Lipinski definition) is 4. The lowest BCUT2D eigenvalue weighted by molar-refractivity contribution is 0.151. The van der Waals surface area contributed by atoms with Gasteiger partial charge >= 0.3 is 0 Å². The molecule has 2 rings (SSSR count). The highest BCUT2D eigenvalue weighted by molar-refractivity contribution is 6.74. The van der Waals surface area contributed by atoms with Gasteiger partial charge in [-0.05, 0) is 29.4 Å². The number of hydrogen-bond donors (Lipinski definition) is 0. The fraction of sp³-hybridized carbons (Fsp3) is 0.533. The van der Waals surface area contributed by atoms with Crippen LogP contribution in [0.4, 0.5) is 0 Å². The Hall–Kier alpha value is -1.24. The van der Waals surface area contributed by atoms with Crippen LogP contribution in [0.15, 0.2) is 30.6 Å². The zero-order valence-corrected chi connectivity index (χ0v) is 15.5. The summed E-state index contributed by atoms with van der Waals surface area (Å²) in [5, 5.41) is 12.6. The van der Waals surface area contributed by atoms with Crippen LogP contribution in [0, 0.1) is 0 Å². The van der Waals surface area contributed by atoms with Gasteiger partial charge in [-0.1, -0.05) is 50.6 Å². The molecule has 5 nitrogen and oxygen atoms in total. The molecule has 0 N–H and O–H groups in total. The molecule has 1 aromatic heterocycles. The van der Waals surface area contributed by atoms with Crippen LogP contribution >= 0.6 is 11.6 Å². The summed E-state index contributed by atoms with van der Waals surface area (Å²) in [6, 6.07) is 7.77. The van der Waals surface area contributed by atoms with Crippen LogP contribution in [0.5, 0.6) is 0 Å². The van der Waals surface area contributed by atoms with Gasteiger partial charge in [0.05, 0.1) is 12.6 Å². The first-order chi connectivity index (χ1) is 10.2. The average molecular weight is 339 g/mol. The van der Waals surface area contributed by atoms with Gasteiger partial charge < -0.3 is 4.43 Å². The van der Waals surface area contributed by atoms with Gasteiger partial charge in [0.15, 0.2) is 14.6 Å². The first kappa shape index (κ1) is 17.1. The third-order valence-electron chi connectivity index (χ3n) is 4.22. The van der Waals surface area contributed by atoms with Crippen LogP contribution in [-0.4, -0.2) is 28.5 Å². The standard InChI is InChI=1S/C15H23ClN4OSi/c1-15(2,3)22(4,5)21-14(10-20-18-11-17-19-20)12-8-6-7-9-13(12)16/h6-9,11,14H,10H2,1-5H3/t14-/m0/s1. The van der Waals surface area contributed by atoms with Gasteiger partial charge in [-0.25, -0.2) is 0 Å². The summed E-state index contributed by atoms with van der Waals surface area (Å²) >= 11 is 6.37. The second kappa shape index (κ2) is 6.48. The summed E-state index contributed by atoms with van der Waals surface area (Å²) < 4.78 is 6.57. The fourth-order valence-corrected chi connectivity index (χ4v) is 3.41. The fourth-order valence-electron chi connectivity index (χ4n) is 1.89. The molecule has 120 valence electrons. The van der Waals surface area contributed by atoms with E-state index >= 15 is 0 Å². The summed E-state index contributed by atoms with van der Waals surface area (Å²) in [5.74, 6) is 0. The minimum absolute atomic E-state index is 0.113. The summed E-state index contributed by atoms with van der Waals surface area (Å²) in [5.41, 5.74) is 0.964. The van der Waals surface area contributed by atoms with Gasteiger partial charge in [0, 0.05) is 10.6 Å². The highest BCUT2D eigenvalue weighted by Gasteiger charge is 2.40. The second-order valence-electron chi connectivity index (χ2n) is 6.88. The largest absolute Gasteiger partial charge is 0.408 e. The molecule has 0 unspecified atom stereocenters. The average Bonchev–Trinajstić information content (AvgIpc) is 2.90. The van der Waals surface area contributed by atoms with Gasteiger partial charge in [-0.15, -0.1) is 10.2 Å². The summed E-state index contributed by atoms with van der Waals surface area (Å²) in [7, 11) is -1.96. The highest BCUT2D eigenvalue weighted by atomic mass is 35.5. The monoisotopic (exact) mass is 338 g/mol. The Kier molecular flexibility index (Phi) is 5.04. The highest BCUT2D eigenvalue weighted by Crippen LogP contribution is 2.40. The van der Waals surface area contributed by atoms with Crippen molar-refractivity contribution in [2.75, 3.05) is 0 Å². The molecule has 1 heterocycles. The number of nitrogens with zero attached hydrogens (tertiary/aromatic N) is 4. The number of aromatic nitrogens is 4. The first-order valence-corrected chi connectivity index (χ1v) is 10.6. The van der Waals surface area contributed by atoms with Crippen molar-refractivity contribution < 1.29 is 4.43 Å². The van der Waals surface area contributed by atoms with E-state index in [0.717, 1.165) is 5.56 Å². The first-order valence-electron chi connectivity index (χ1n) is 7.34. The maximum absolute atomic E-state index is 6.57. The molecule has 1 atom stereocenters. The lowest BCUT2D eigenvalue weighted by Gasteiger charge is -2.39. The zero-order chi connectivity index (χ0) is 16.4. The molecule has 0 bridgehead atoms. The molecule has 0 saturated carbocycles. The van der Waals surface area contributed by atoms with Crippen molar-refractivity contribution in [1.82, 2.24) is 20.2 Å². The van der Waals surface area contributed by atoms with Gasteiger partial charge in [0.1, 0.15) is 0 Å². The van der Waals surface area contributed by atoms with Gasteiger partial charge in [-0.3, -0.25) is 0 Å². The second-order valence-corrected chi connectivity index (χ2v) is 12.0. The SMILES string of the molecule is CC(C)(C)[Si](C)(C)O[C@@H](Cn1ncnn1)c1ccccc1Cl. The molecule has 0 amide bonds. The van der Waals surface area contributed by atoms with Crippen LogP contribution in [0.3, 0.4) is 0 Å². The van der Waals surface area contributed by atoms with Crippen LogP contribution in [0.2, 0.25) is 23.2 Å². The third-order valence-corrected chi connectivity index (χ3v) is 9.05. The lowest BCUT2D eigenvalue weighted by Crippen LogP contribution is -2.42. The maximum atomic E-state index is 6.57. The molecule has 0 saturated heterocycles. The van der Waals surface area contributed by atoms with Crippen molar-refractivity contribution in [2.24, 2.45) is 0 Å². The van der Waals surface area contributed by atoms with Crippen LogP contribution in [0.25, 0.3) is 0 Å². The number of rotatable bonds is 5. The van der Waals surface area contributed by atoms with Crippen molar-refractivity contribution in [3.8, 4) is 0 Å². The summed E-state index contributed by atoms with van der Waals surface area (Å²) in [6.45, 7) is 11.6. The van der Waals surface area contributed by atoms with Gasteiger partial charge in [-0.2, -0.15) is 4.80 Å². The predicted molar refractivity (Wildman–Crippen MR) is 90.3 cm³/mol. The van der Waals surface area contributed by atoms with Gasteiger partial charge in [0.25, 0.3) is 0 Å². The minimum atomic E-state index is -1.96. The molecule has 1 aromatic carbocycles. The Morgan fingerprint density at radius 2 is 1.95 bits per heavy atom. The Bertz CT molecular complexity index is 610. The Balaban J connectivity index is 2.32. The molecular formula is C15H23ClN4OSi. The Morgan fingerprint density at radius 3 is 2.50 bits per heavy atom. The molecule has 7 heteroatoms. The minimum Gasteiger partial charge on any atom is -0.408 e. The van der Waals surface area contributed by atoms with E-state index in [2.05, 4.69) is 49.3 Å².